The average Bonchev–Trinajstić information content (AvgIpc) is 2.38. The second-order valence-corrected chi connectivity index (χ2v) is 3.60. The highest BCUT2D eigenvalue weighted by Gasteiger charge is 2.02. The zero-order valence-corrected chi connectivity index (χ0v) is 10.5. The molecule has 0 saturated heterocycles. The molecule has 0 spiro atoms. The van der Waals surface area contributed by atoms with E-state index in [-0.39, 0.29) is 5.75 Å². The molecule has 0 aliphatic rings. The normalized spacial score (nSPS) is 12.9. The summed E-state index contributed by atoms with van der Waals surface area (Å²) in [6, 6.07) is 6.26. The third-order valence-electron chi connectivity index (χ3n) is 2.12. The number of nitrogens with one attached hydrogen (secondary N) is 1. The molecule has 0 bridgehead atoms. The van der Waals surface area contributed by atoms with Crippen molar-refractivity contribution in [2.24, 2.45) is 5.84 Å². The Hall–Kier alpha value is -2.07. The molecule has 96 valence electrons. The van der Waals surface area contributed by atoms with Crippen LogP contribution in [0.4, 0.5) is 4.39 Å². The van der Waals surface area contributed by atoms with E-state index >= 15 is 0 Å². The highest BCUT2D eigenvalue weighted by Crippen LogP contribution is 2.18. The highest BCUT2D eigenvalue weighted by molar-refractivity contribution is 5.30. The van der Waals surface area contributed by atoms with Gasteiger partial charge in [-0.3, -0.25) is 5.84 Å². The highest BCUT2D eigenvalue weighted by atomic mass is 19.1. The van der Waals surface area contributed by atoms with E-state index in [4.69, 9.17) is 10.6 Å². The smallest absolute Gasteiger partial charge is 0.165 e. The molecule has 0 aliphatic heterocycles. The largest absolute Gasteiger partial charge is 0.454 e. The first kappa shape index (κ1) is 14.0. The summed E-state index contributed by atoms with van der Waals surface area (Å²) in [4.78, 5) is 0. The third-order valence-corrected chi connectivity index (χ3v) is 2.12. The van der Waals surface area contributed by atoms with Crippen LogP contribution in [0, 0.1) is 5.82 Å². The molecule has 3 N–H and O–H groups in total. The summed E-state index contributed by atoms with van der Waals surface area (Å²) in [5.74, 6) is 5.56. The van der Waals surface area contributed by atoms with Crippen molar-refractivity contribution in [3.63, 3.8) is 0 Å². The van der Waals surface area contributed by atoms with E-state index in [1.54, 1.807) is 36.4 Å². The van der Waals surface area contributed by atoms with Gasteiger partial charge in [0.25, 0.3) is 0 Å². The first-order valence-corrected chi connectivity index (χ1v) is 5.57. The number of benzene rings is 1. The Labute approximate surface area is 106 Å². The van der Waals surface area contributed by atoms with E-state index < -0.39 is 5.82 Å². The van der Waals surface area contributed by atoms with Crippen molar-refractivity contribution in [3.8, 4) is 5.75 Å². The van der Waals surface area contributed by atoms with Crippen LogP contribution in [0.15, 0.2) is 60.0 Å². The predicted octanol–water partition coefficient (Wildman–Crippen LogP) is 3.03. The van der Waals surface area contributed by atoms with Crippen molar-refractivity contribution in [1.82, 2.24) is 5.43 Å². The van der Waals surface area contributed by atoms with Crippen LogP contribution < -0.4 is 16.0 Å². The molecule has 0 fully saturated rings. The number of halogens is 1. The summed E-state index contributed by atoms with van der Waals surface area (Å²) in [6.07, 6.45) is 7.01. The Morgan fingerprint density at radius 3 is 2.67 bits per heavy atom. The van der Waals surface area contributed by atoms with Crippen molar-refractivity contribution in [2.45, 2.75) is 13.8 Å². The van der Waals surface area contributed by atoms with Gasteiger partial charge in [-0.05, 0) is 44.2 Å². The van der Waals surface area contributed by atoms with Crippen LogP contribution in [-0.2, 0) is 0 Å². The van der Waals surface area contributed by atoms with Crippen LogP contribution in [0.1, 0.15) is 13.8 Å². The van der Waals surface area contributed by atoms with Gasteiger partial charge < -0.3 is 10.2 Å². The Kier molecular flexibility index (Phi) is 5.67. The van der Waals surface area contributed by atoms with Gasteiger partial charge in [0, 0.05) is 5.70 Å². The standard InChI is InChI=1S/C14H17FN2O/c1-3-6-12(10-9-11(2)17-16)18-14-8-5-4-7-13(14)15/h3-10,17H,16H2,1-2H3/b6-3+,11-9+,12-10+. The van der Waals surface area contributed by atoms with Gasteiger partial charge in [-0.15, -0.1) is 0 Å². The number of rotatable bonds is 5. The first-order chi connectivity index (χ1) is 8.67. The molecule has 0 heterocycles. The van der Waals surface area contributed by atoms with Gasteiger partial charge in [-0.1, -0.05) is 18.2 Å². The minimum atomic E-state index is -0.398. The minimum Gasteiger partial charge on any atom is -0.454 e. The summed E-state index contributed by atoms with van der Waals surface area (Å²) in [6.45, 7) is 3.67. The Balaban J connectivity index is 2.91. The maximum absolute atomic E-state index is 13.4. The van der Waals surface area contributed by atoms with Crippen molar-refractivity contribution in [3.05, 3.63) is 65.8 Å². The lowest BCUT2D eigenvalue weighted by atomic mass is 10.3. The molecule has 0 aliphatic carbocycles. The summed E-state index contributed by atoms with van der Waals surface area (Å²) in [5, 5.41) is 0. The number of hydrazine groups is 1. The van der Waals surface area contributed by atoms with Gasteiger partial charge in [0.2, 0.25) is 0 Å². The fourth-order valence-electron chi connectivity index (χ4n) is 1.20. The maximum Gasteiger partial charge on any atom is 0.165 e. The number of para-hydroxylation sites is 1. The first-order valence-electron chi connectivity index (χ1n) is 5.57. The average molecular weight is 248 g/mol. The quantitative estimate of drug-likeness (QED) is 0.364. The zero-order chi connectivity index (χ0) is 13.4. The van der Waals surface area contributed by atoms with Crippen molar-refractivity contribution in [1.29, 1.82) is 0 Å². The fraction of sp³-hybridized carbons (Fsp3) is 0.143. The molecule has 0 atom stereocenters. The molecule has 1 rings (SSSR count). The summed E-state index contributed by atoms with van der Waals surface area (Å²) in [5.41, 5.74) is 3.27. The summed E-state index contributed by atoms with van der Waals surface area (Å²) >= 11 is 0. The number of nitrogens with two attached hydrogens (primary N) is 1. The predicted molar refractivity (Wildman–Crippen MR) is 71.0 cm³/mol. The molecule has 0 radical (unpaired) electrons. The molecule has 0 unspecified atom stereocenters. The van der Waals surface area contributed by atoms with Gasteiger partial charge in [0.15, 0.2) is 11.6 Å². The zero-order valence-electron chi connectivity index (χ0n) is 10.5. The van der Waals surface area contributed by atoms with E-state index in [1.807, 2.05) is 19.9 Å². The maximum atomic E-state index is 13.4. The molecule has 18 heavy (non-hydrogen) atoms. The number of hydrogen-bond donors (Lipinski definition) is 2. The SMILES string of the molecule is C/C=C/C(=C\C=C(/C)NN)Oc1ccccc1F. The molecule has 0 amide bonds. The van der Waals surface area contributed by atoms with Gasteiger partial charge in [0.1, 0.15) is 5.76 Å². The topological polar surface area (TPSA) is 47.3 Å². The van der Waals surface area contributed by atoms with Gasteiger partial charge in [-0.25, -0.2) is 4.39 Å². The summed E-state index contributed by atoms with van der Waals surface area (Å²) < 4.78 is 18.9. The minimum absolute atomic E-state index is 0.189. The lowest BCUT2D eigenvalue weighted by molar-refractivity contribution is 0.412. The van der Waals surface area contributed by atoms with Crippen molar-refractivity contribution < 1.29 is 9.13 Å². The van der Waals surface area contributed by atoms with E-state index in [0.29, 0.717) is 5.76 Å². The van der Waals surface area contributed by atoms with Gasteiger partial charge in [0.05, 0.1) is 0 Å². The monoisotopic (exact) mass is 248 g/mol. The van der Waals surface area contributed by atoms with Crippen LogP contribution in [0.25, 0.3) is 0 Å². The van der Waals surface area contributed by atoms with E-state index in [0.717, 1.165) is 5.70 Å². The van der Waals surface area contributed by atoms with E-state index in [9.17, 15) is 4.39 Å². The molecule has 1 aromatic carbocycles. The lowest BCUT2D eigenvalue weighted by Crippen LogP contribution is -2.18. The third kappa shape index (κ3) is 4.43. The van der Waals surface area contributed by atoms with Crippen LogP contribution in [-0.4, -0.2) is 0 Å². The molecular formula is C14H17FN2O. The van der Waals surface area contributed by atoms with Crippen molar-refractivity contribution in [2.75, 3.05) is 0 Å². The molecule has 4 heteroatoms. The Morgan fingerprint density at radius 1 is 1.33 bits per heavy atom. The van der Waals surface area contributed by atoms with E-state index in [2.05, 4.69) is 5.43 Å². The fourth-order valence-corrected chi connectivity index (χ4v) is 1.20. The molecular weight excluding hydrogens is 231 g/mol. The second kappa shape index (κ2) is 7.29. The van der Waals surface area contributed by atoms with E-state index in [1.165, 1.54) is 6.07 Å². The van der Waals surface area contributed by atoms with Crippen LogP contribution in [0.2, 0.25) is 0 Å². The van der Waals surface area contributed by atoms with Gasteiger partial charge in [-0.2, -0.15) is 0 Å². The second-order valence-electron chi connectivity index (χ2n) is 3.60. The molecule has 0 aromatic heterocycles. The molecule has 3 nitrogen and oxygen atoms in total. The Morgan fingerprint density at radius 2 is 2.06 bits per heavy atom. The number of ether oxygens (including phenoxy) is 1. The molecule has 0 saturated carbocycles. The summed E-state index contributed by atoms with van der Waals surface area (Å²) in [7, 11) is 0. The van der Waals surface area contributed by atoms with Crippen LogP contribution >= 0.6 is 0 Å². The lowest BCUT2D eigenvalue weighted by Gasteiger charge is -2.07. The van der Waals surface area contributed by atoms with Crippen molar-refractivity contribution >= 4 is 0 Å². The number of hydrogen-bond acceptors (Lipinski definition) is 3. The van der Waals surface area contributed by atoms with Crippen LogP contribution in [0.5, 0.6) is 5.75 Å². The molecule has 1 aromatic rings. The Bertz CT molecular complexity index is 478. The van der Waals surface area contributed by atoms with Crippen LogP contribution in [0.3, 0.4) is 0 Å². The van der Waals surface area contributed by atoms with Gasteiger partial charge >= 0.3 is 0 Å². The number of allylic oxidation sites excluding steroid dienone is 5.